The first-order valence-corrected chi connectivity index (χ1v) is 7.59. The number of rotatable bonds is 2. The lowest BCUT2D eigenvalue weighted by molar-refractivity contribution is 0.350. The highest BCUT2D eigenvalue weighted by atomic mass is 19.1. The zero-order valence-electron chi connectivity index (χ0n) is 12.0. The smallest absolute Gasteiger partial charge is 0.130 e. The van der Waals surface area contributed by atoms with Gasteiger partial charge in [0.2, 0.25) is 0 Å². The van der Waals surface area contributed by atoms with Crippen molar-refractivity contribution in [1.29, 1.82) is 0 Å². The second kappa shape index (κ2) is 5.17. The SMILES string of the molecule is CCn1c(C2(N)CCCCCC2)nc2cc(F)ccc21. The van der Waals surface area contributed by atoms with Crippen LogP contribution in [-0.4, -0.2) is 9.55 Å². The maximum Gasteiger partial charge on any atom is 0.130 e. The zero-order chi connectivity index (χ0) is 14.2. The van der Waals surface area contributed by atoms with E-state index in [0.29, 0.717) is 0 Å². The van der Waals surface area contributed by atoms with Crippen LogP contribution in [-0.2, 0) is 12.1 Å². The summed E-state index contributed by atoms with van der Waals surface area (Å²) in [6.07, 6.45) is 6.74. The van der Waals surface area contributed by atoms with E-state index >= 15 is 0 Å². The molecule has 20 heavy (non-hydrogen) atoms. The molecule has 108 valence electrons. The Morgan fingerprint density at radius 1 is 1.25 bits per heavy atom. The van der Waals surface area contributed by atoms with Crippen molar-refractivity contribution < 1.29 is 4.39 Å². The maximum atomic E-state index is 13.4. The largest absolute Gasteiger partial charge is 0.327 e. The zero-order valence-corrected chi connectivity index (χ0v) is 12.0. The van der Waals surface area contributed by atoms with Crippen molar-refractivity contribution >= 4 is 11.0 Å². The molecule has 0 bridgehead atoms. The Labute approximate surface area is 119 Å². The Balaban J connectivity index is 2.14. The molecule has 4 heteroatoms. The van der Waals surface area contributed by atoms with Gasteiger partial charge in [0.15, 0.2) is 0 Å². The number of aryl methyl sites for hydroxylation is 1. The van der Waals surface area contributed by atoms with Crippen LogP contribution in [0.3, 0.4) is 0 Å². The molecule has 1 aromatic heterocycles. The van der Waals surface area contributed by atoms with Crippen LogP contribution >= 0.6 is 0 Å². The summed E-state index contributed by atoms with van der Waals surface area (Å²) in [6.45, 7) is 2.91. The average Bonchev–Trinajstić information content (AvgIpc) is 2.66. The van der Waals surface area contributed by atoms with Crippen LogP contribution in [0.1, 0.15) is 51.3 Å². The highest BCUT2D eigenvalue weighted by molar-refractivity contribution is 5.76. The van der Waals surface area contributed by atoms with E-state index in [1.54, 1.807) is 0 Å². The van der Waals surface area contributed by atoms with Gasteiger partial charge in [-0.15, -0.1) is 0 Å². The average molecular weight is 275 g/mol. The lowest BCUT2D eigenvalue weighted by Crippen LogP contribution is -2.39. The summed E-state index contributed by atoms with van der Waals surface area (Å²) >= 11 is 0. The first kappa shape index (κ1) is 13.6. The molecule has 2 N–H and O–H groups in total. The second-order valence-corrected chi connectivity index (χ2v) is 5.88. The van der Waals surface area contributed by atoms with Crippen LogP contribution < -0.4 is 5.73 Å². The second-order valence-electron chi connectivity index (χ2n) is 5.88. The minimum Gasteiger partial charge on any atom is -0.327 e. The van der Waals surface area contributed by atoms with Gasteiger partial charge in [0, 0.05) is 12.6 Å². The van der Waals surface area contributed by atoms with Crippen LogP contribution in [0.15, 0.2) is 18.2 Å². The van der Waals surface area contributed by atoms with Gasteiger partial charge in [-0.25, -0.2) is 9.37 Å². The van der Waals surface area contributed by atoms with Crippen molar-refractivity contribution in [3.63, 3.8) is 0 Å². The first-order chi connectivity index (χ1) is 9.64. The number of hydrogen-bond acceptors (Lipinski definition) is 2. The highest BCUT2D eigenvalue weighted by Gasteiger charge is 2.33. The third-order valence-electron chi connectivity index (χ3n) is 4.47. The predicted molar refractivity (Wildman–Crippen MR) is 78.9 cm³/mol. The molecule has 1 fully saturated rings. The third-order valence-corrected chi connectivity index (χ3v) is 4.47. The fourth-order valence-corrected chi connectivity index (χ4v) is 3.39. The lowest BCUT2D eigenvalue weighted by Gasteiger charge is -2.28. The molecule has 1 aliphatic rings. The van der Waals surface area contributed by atoms with Crippen molar-refractivity contribution in [1.82, 2.24) is 9.55 Å². The molecule has 1 aliphatic carbocycles. The van der Waals surface area contributed by atoms with Crippen LogP contribution in [0.4, 0.5) is 4.39 Å². The quantitative estimate of drug-likeness (QED) is 0.849. The van der Waals surface area contributed by atoms with Gasteiger partial charge in [-0.2, -0.15) is 0 Å². The Morgan fingerprint density at radius 3 is 2.60 bits per heavy atom. The van der Waals surface area contributed by atoms with Gasteiger partial charge in [0.05, 0.1) is 16.6 Å². The number of benzene rings is 1. The number of nitrogens with zero attached hydrogens (tertiary/aromatic N) is 2. The summed E-state index contributed by atoms with van der Waals surface area (Å²) in [5.41, 5.74) is 8.03. The predicted octanol–water partition coefficient (Wildman–Crippen LogP) is 3.70. The van der Waals surface area contributed by atoms with Crippen molar-refractivity contribution in [3.05, 3.63) is 29.8 Å². The summed E-state index contributed by atoms with van der Waals surface area (Å²) in [4.78, 5) is 4.68. The van der Waals surface area contributed by atoms with Crippen LogP contribution in [0.5, 0.6) is 0 Å². The van der Waals surface area contributed by atoms with Gasteiger partial charge < -0.3 is 10.3 Å². The van der Waals surface area contributed by atoms with Crippen molar-refractivity contribution in [2.24, 2.45) is 5.73 Å². The number of imidazole rings is 1. The molecule has 0 atom stereocenters. The van der Waals surface area contributed by atoms with Gasteiger partial charge in [-0.3, -0.25) is 0 Å². The van der Waals surface area contributed by atoms with E-state index in [-0.39, 0.29) is 11.4 Å². The van der Waals surface area contributed by atoms with E-state index in [1.165, 1.54) is 25.0 Å². The summed E-state index contributed by atoms with van der Waals surface area (Å²) < 4.78 is 15.6. The minimum atomic E-state index is -0.359. The third kappa shape index (κ3) is 2.22. The normalized spacial score (nSPS) is 19.1. The molecule has 1 saturated carbocycles. The molecule has 0 amide bonds. The van der Waals surface area contributed by atoms with E-state index in [2.05, 4.69) is 16.5 Å². The number of nitrogens with two attached hydrogens (primary N) is 1. The van der Waals surface area contributed by atoms with Crippen molar-refractivity contribution in [2.75, 3.05) is 0 Å². The van der Waals surface area contributed by atoms with Crippen LogP contribution in [0.2, 0.25) is 0 Å². The Bertz CT molecular complexity index is 609. The number of hydrogen-bond donors (Lipinski definition) is 1. The van der Waals surface area contributed by atoms with E-state index in [9.17, 15) is 4.39 Å². The Hall–Kier alpha value is -1.42. The summed E-state index contributed by atoms with van der Waals surface area (Å²) in [6, 6.07) is 4.81. The lowest BCUT2D eigenvalue weighted by atomic mass is 9.90. The number of halogens is 1. The molecule has 0 radical (unpaired) electrons. The standard InChI is InChI=1S/C16H22FN3/c1-2-20-14-8-7-12(17)11-13(14)19-15(20)16(18)9-5-3-4-6-10-16/h7-8,11H,2-6,9-10,18H2,1H3. The van der Waals surface area contributed by atoms with E-state index in [4.69, 9.17) is 5.73 Å². The van der Waals surface area contributed by atoms with Gasteiger partial charge in [0.1, 0.15) is 11.6 Å². The monoisotopic (exact) mass is 275 g/mol. The molecule has 3 nitrogen and oxygen atoms in total. The Kier molecular flexibility index (Phi) is 3.50. The molecule has 3 rings (SSSR count). The molecule has 0 aliphatic heterocycles. The number of aromatic nitrogens is 2. The van der Waals surface area contributed by atoms with Gasteiger partial charge in [-0.1, -0.05) is 25.7 Å². The fourth-order valence-electron chi connectivity index (χ4n) is 3.39. The Morgan fingerprint density at radius 2 is 1.95 bits per heavy atom. The summed E-state index contributed by atoms with van der Waals surface area (Å²) in [7, 11) is 0. The van der Waals surface area contributed by atoms with Gasteiger partial charge >= 0.3 is 0 Å². The van der Waals surface area contributed by atoms with Crippen molar-refractivity contribution in [3.8, 4) is 0 Å². The van der Waals surface area contributed by atoms with E-state index < -0.39 is 0 Å². The van der Waals surface area contributed by atoms with Gasteiger partial charge in [0.25, 0.3) is 0 Å². The molecular formula is C16H22FN3. The van der Waals surface area contributed by atoms with E-state index in [1.807, 2.05) is 6.07 Å². The fraction of sp³-hybridized carbons (Fsp3) is 0.562. The summed E-state index contributed by atoms with van der Waals surface area (Å²) in [5.74, 6) is 0.694. The molecular weight excluding hydrogens is 253 g/mol. The molecule has 1 heterocycles. The van der Waals surface area contributed by atoms with E-state index in [0.717, 1.165) is 49.1 Å². The molecule has 2 aromatic rings. The highest BCUT2D eigenvalue weighted by Crippen LogP contribution is 2.35. The summed E-state index contributed by atoms with van der Waals surface area (Å²) in [5, 5.41) is 0. The molecule has 1 aromatic carbocycles. The van der Waals surface area contributed by atoms with Gasteiger partial charge in [-0.05, 0) is 31.9 Å². The minimum absolute atomic E-state index is 0.239. The molecule has 0 spiro atoms. The van der Waals surface area contributed by atoms with Crippen molar-refractivity contribution in [2.45, 2.75) is 57.5 Å². The van der Waals surface area contributed by atoms with Crippen LogP contribution in [0, 0.1) is 5.82 Å². The molecule has 0 saturated heterocycles. The maximum absolute atomic E-state index is 13.4. The van der Waals surface area contributed by atoms with Crippen LogP contribution in [0.25, 0.3) is 11.0 Å². The topological polar surface area (TPSA) is 43.8 Å². The first-order valence-electron chi connectivity index (χ1n) is 7.59. The molecule has 0 unspecified atom stereocenters. The number of fused-ring (bicyclic) bond motifs is 1.